The van der Waals surface area contributed by atoms with Gasteiger partial charge in [0.05, 0.1) is 11.9 Å². The summed E-state index contributed by atoms with van der Waals surface area (Å²) in [7, 11) is 0. The number of hydrogen-bond donors (Lipinski definition) is 2. The van der Waals surface area contributed by atoms with Crippen molar-refractivity contribution in [3.63, 3.8) is 0 Å². The Bertz CT molecular complexity index is 1240. The van der Waals surface area contributed by atoms with E-state index in [4.69, 9.17) is 0 Å². The van der Waals surface area contributed by atoms with Gasteiger partial charge in [-0.15, -0.1) is 0 Å². The highest BCUT2D eigenvalue weighted by atomic mass is 16.2. The fourth-order valence-corrected chi connectivity index (χ4v) is 3.03. The van der Waals surface area contributed by atoms with Gasteiger partial charge in [0.25, 0.3) is 11.5 Å². The summed E-state index contributed by atoms with van der Waals surface area (Å²) in [5.41, 5.74) is 4.93. The molecular formula is C23H17N5O2. The fraction of sp³-hybridized carbons (Fsp3) is 0. The molecule has 4 aromatic rings. The van der Waals surface area contributed by atoms with E-state index in [1.165, 1.54) is 6.21 Å². The van der Waals surface area contributed by atoms with Crippen LogP contribution in [0.4, 0.5) is 0 Å². The first kappa shape index (κ1) is 18.9. The second-order valence-corrected chi connectivity index (χ2v) is 6.37. The molecule has 0 saturated heterocycles. The van der Waals surface area contributed by atoms with E-state index in [9.17, 15) is 9.59 Å². The highest BCUT2D eigenvalue weighted by Crippen LogP contribution is 2.31. The molecule has 0 aliphatic carbocycles. The number of aromatic nitrogens is 3. The van der Waals surface area contributed by atoms with Crippen molar-refractivity contribution in [2.24, 2.45) is 5.10 Å². The van der Waals surface area contributed by atoms with E-state index in [2.05, 4.69) is 25.7 Å². The van der Waals surface area contributed by atoms with Crippen LogP contribution in [0, 0.1) is 0 Å². The molecule has 0 spiro atoms. The third-order valence-corrected chi connectivity index (χ3v) is 4.38. The highest BCUT2D eigenvalue weighted by molar-refractivity contribution is 6.03. The average molecular weight is 395 g/mol. The monoisotopic (exact) mass is 395 g/mol. The molecule has 7 nitrogen and oxygen atoms in total. The third-order valence-electron chi connectivity index (χ3n) is 4.38. The molecule has 30 heavy (non-hydrogen) atoms. The van der Waals surface area contributed by atoms with E-state index in [0.717, 1.165) is 11.1 Å². The lowest BCUT2D eigenvalue weighted by molar-refractivity contribution is 0.0954. The number of rotatable bonds is 5. The summed E-state index contributed by atoms with van der Waals surface area (Å²) in [4.78, 5) is 29.6. The molecule has 0 radical (unpaired) electrons. The number of nitrogens with zero attached hydrogens (tertiary/aromatic N) is 3. The number of carbonyl (C=O) groups is 1. The minimum atomic E-state index is -0.630. The third kappa shape index (κ3) is 4.05. The van der Waals surface area contributed by atoms with Gasteiger partial charge in [0.15, 0.2) is 0 Å². The van der Waals surface area contributed by atoms with Crippen LogP contribution in [-0.2, 0) is 0 Å². The Kier molecular flexibility index (Phi) is 5.52. The Morgan fingerprint density at radius 1 is 0.933 bits per heavy atom. The van der Waals surface area contributed by atoms with E-state index in [0.29, 0.717) is 16.8 Å². The molecular weight excluding hydrogens is 378 g/mol. The molecule has 2 aromatic carbocycles. The van der Waals surface area contributed by atoms with Crippen molar-refractivity contribution in [2.45, 2.75) is 0 Å². The van der Waals surface area contributed by atoms with Gasteiger partial charge in [0.2, 0.25) is 0 Å². The van der Waals surface area contributed by atoms with Gasteiger partial charge in [-0.05, 0) is 11.6 Å². The van der Waals surface area contributed by atoms with Crippen LogP contribution in [0.1, 0.15) is 15.9 Å². The Morgan fingerprint density at radius 3 is 2.30 bits per heavy atom. The van der Waals surface area contributed by atoms with Gasteiger partial charge in [-0.3, -0.25) is 14.6 Å². The highest BCUT2D eigenvalue weighted by Gasteiger charge is 2.22. The van der Waals surface area contributed by atoms with E-state index in [1.54, 1.807) is 24.5 Å². The van der Waals surface area contributed by atoms with Crippen LogP contribution < -0.4 is 11.0 Å². The van der Waals surface area contributed by atoms with Crippen LogP contribution >= 0.6 is 0 Å². The summed E-state index contributed by atoms with van der Waals surface area (Å²) in [6.45, 7) is 0. The second-order valence-electron chi connectivity index (χ2n) is 6.37. The quantitative estimate of drug-likeness (QED) is 0.400. The molecule has 0 aliphatic rings. The molecule has 0 unspecified atom stereocenters. The zero-order valence-electron chi connectivity index (χ0n) is 15.8. The van der Waals surface area contributed by atoms with E-state index in [-0.39, 0.29) is 5.56 Å². The van der Waals surface area contributed by atoms with E-state index < -0.39 is 11.5 Å². The molecule has 2 aromatic heterocycles. The number of benzene rings is 2. The lowest BCUT2D eigenvalue weighted by Crippen LogP contribution is -2.28. The number of H-pyrrole nitrogens is 1. The molecule has 2 N–H and O–H groups in total. The van der Waals surface area contributed by atoms with Crippen LogP contribution in [0.25, 0.3) is 22.4 Å². The number of pyridine rings is 1. The van der Waals surface area contributed by atoms with Crippen molar-refractivity contribution in [3.8, 4) is 22.4 Å². The zero-order valence-corrected chi connectivity index (χ0v) is 15.8. The fourth-order valence-electron chi connectivity index (χ4n) is 3.03. The molecule has 1 amide bonds. The Labute approximate surface area is 172 Å². The minimum Gasteiger partial charge on any atom is -0.267 e. The lowest BCUT2D eigenvalue weighted by atomic mass is 9.95. The molecule has 0 fully saturated rings. The predicted octanol–water partition coefficient (Wildman–Crippen LogP) is 3.26. The smallest absolute Gasteiger partial charge is 0.267 e. The normalized spacial score (nSPS) is 10.8. The van der Waals surface area contributed by atoms with Crippen LogP contribution in [-0.4, -0.2) is 27.3 Å². The van der Waals surface area contributed by atoms with Gasteiger partial charge in [0.1, 0.15) is 5.56 Å². The van der Waals surface area contributed by atoms with Crippen molar-refractivity contribution in [2.75, 3.05) is 0 Å². The van der Waals surface area contributed by atoms with Gasteiger partial charge in [0, 0.05) is 29.1 Å². The minimum absolute atomic E-state index is 0.0570. The van der Waals surface area contributed by atoms with Gasteiger partial charge >= 0.3 is 0 Å². The lowest BCUT2D eigenvalue weighted by Gasteiger charge is -2.12. The Morgan fingerprint density at radius 2 is 1.63 bits per heavy atom. The van der Waals surface area contributed by atoms with E-state index >= 15 is 0 Å². The molecule has 0 bridgehead atoms. The number of hydrazone groups is 1. The Hall–Kier alpha value is -4.39. The number of aromatic amines is 1. The van der Waals surface area contributed by atoms with Crippen LogP contribution in [0.2, 0.25) is 0 Å². The van der Waals surface area contributed by atoms with E-state index in [1.807, 2.05) is 60.7 Å². The number of hydrogen-bond acceptors (Lipinski definition) is 5. The summed E-state index contributed by atoms with van der Waals surface area (Å²) in [6, 6.07) is 22.1. The van der Waals surface area contributed by atoms with Crippen LogP contribution in [0.5, 0.6) is 0 Å². The first-order valence-electron chi connectivity index (χ1n) is 9.21. The van der Waals surface area contributed by atoms with Crippen LogP contribution in [0.3, 0.4) is 0 Å². The maximum atomic E-state index is 12.9. The maximum absolute atomic E-state index is 12.9. The van der Waals surface area contributed by atoms with Gasteiger partial charge in [-0.1, -0.05) is 66.7 Å². The maximum Gasteiger partial charge on any atom is 0.277 e. The largest absolute Gasteiger partial charge is 0.277 e. The molecule has 4 rings (SSSR count). The molecule has 7 heteroatoms. The van der Waals surface area contributed by atoms with Crippen molar-refractivity contribution < 1.29 is 4.79 Å². The number of carbonyl (C=O) groups excluding carboxylic acids is 1. The van der Waals surface area contributed by atoms with Gasteiger partial charge in [-0.25, -0.2) is 10.5 Å². The van der Waals surface area contributed by atoms with Crippen molar-refractivity contribution in [3.05, 3.63) is 107 Å². The molecule has 0 atom stereocenters. The van der Waals surface area contributed by atoms with Gasteiger partial charge < -0.3 is 0 Å². The van der Waals surface area contributed by atoms with Crippen LogP contribution in [0.15, 0.2) is 95.1 Å². The van der Waals surface area contributed by atoms with Gasteiger partial charge in [-0.2, -0.15) is 10.2 Å². The molecule has 0 aliphatic heterocycles. The first-order chi connectivity index (χ1) is 14.7. The summed E-state index contributed by atoms with van der Waals surface area (Å²) < 4.78 is 0. The number of nitrogens with one attached hydrogen (secondary N) is 2. The second kappa shape index (κ2) is 8.74. The van der Waals surface area contributed by atoms with Crippen molar-refractivity contribution >= 4 is 12.1 Å². The zero-order chi connectivity index (χ0) is 20.8. The number of amides is 1. The molecule has 146 valence electrons. The van der Waals surface area contributed by atoms with Crippen molar-refractivity contribution in [1.29, 1.82) is 0 Å². The van der Waals surface area contributed by atoms with Crippen molar-refractivity contribution in [1.82, 2.24) is 20.6 Å². The Balaban J connectivity index is 1.79. The topological polar surface area (TPSA) is 100 Å². The summed E-state index contributed by atoms with van der Waals surface area (Å²) >= 11 is 0. The summed E-state index contributed by atoms with van der Waals surface area (Å²) in [5, 5.41) is 10.6. The predicted molar refractivity (Wildman–Crippen MR) is 115 cm³/mol. The molecule has 0 saturated carbocycles. The molecule has 2 heterocycles. The SMILES string of the molecule is O=C(N/N=C/c1cccnc1)c1c(-c2ccccc2)c(-c2ccccc2)n[nH]c1=O. The average Bonchev–Trinajstić information content (AvgIpc) is 2.80. The summed E-state index contributed by atoms with van der Waals surface area (Å²) in [5.74, 6) is -0.630. The standard InChI is InChI=1S/C23H17N5O2/c29-22(27-25-15-16-8-7-13-24-14-16)20-19(17-9-3-1-4-10-17)21(26-28-23(20)30)18-11-5-2-6-12-18/h1-15H,(H,27,29)(H,28,30)/b25-15+. The first-order valence-corrected chi connectivity index (χ1v) is 9.21. The summed E-state index contributed by atoms with van der Waals surface area (Å²) in [6.07, 6.45) is 4.71.